The summed E-state index contributed by atoms with van der Waals surface area (Å²) in [7, 11) is -15.5. The second kappa shape index (κ2) is 29.9. The molecule has 22 nitrogen and oxygen atoms in total. The highest BCUT2D eigenvalue weighted by Gasteiger charge is 2.49. The van der Waals surface area contributed by atoms with Crippen LogP contribution in [0.3, 0.4) is 0 Å². The third kappa shape index (κ3) is 19.3. The molecule has 3 aromatic carbocycles. The van der Waals surface area contributed by atoms with Crippen LogP contribution < -0.4 is 20.1 Å². The Morgan fingerprint density at radius 2 is 1.41 bits per heavy atom. The fraction of sp³-hybridized carbons (Fsp3) is 0.620. The van der Waals surface area contributed by atoms with Crippen molar-refractivity contribution in [2.24, 2.45) is 17.8 Å². The SMILES string of the molecule is CCOP(=O)(COS(=O)(=O)C(F)(F)F)OCC.CCOP(=O)(COc1ccc2c(c1)CN(C[C@H](NC(=O)O[C@H]1CO[C@H]3OCC[C@H]31)[C@H](C)CN(CC(C)C)S(=O)(=O)c1ccc(OC)cc1)C2)OCC.Oc1ccc2c(c1)CNC2. The van der Waals surface area contributed by atoms with E-state index < -0.39 is 65.4 Å². The highest BCUT2D eigenvalue weighted by atomic mass is 32.2. The number of alkyl halides is 3. The van der Waals surface area contributed by atoms with Crippen LogP contribution in [-0.2, 0) is 91.9 Å². The number of alkyl carbamates (subject to hydrolysis) is 1. The van der Waals surface area contributed by atoms with E-state index in [0.29, 0.717) is 50.0 Å². The molecule has 7 rings (SSSR count). The van der Waals surface area contributed by atoms with Gasteiger partial charge in [0, 0.05) is 51.9 Å². The van der Waals surface area contributed by atoms with Crippen molar-refractivity contribution < 1.29 is 95.0 Å². The summed E-state index contributed by atoms with van der Waals surface area (Å²) in [4.78, 5) is 15.8. The Morgan fingerprint density at radius 1 is 0.810 bits per heavy atom. The summed E-state index contributed by atoms with van der Waals surface area (Å²) >= 11 is 0. The molecule has 446 valence electrons. The number of carbonyl (C=O) groups excluding carboxylic acids is 1. The summed E-state index contributed by atoms with van der Waals surface area (Å²) in [6.07, 6.45) is -2.12. The standard InChI is InChI=1S/C36H54N3O11PS.C8H9NO.C6H12F3O6PS/c1-7-48-51(41,49-8-2)24-47-30-10-9-27-20-38(21-28(27)17-30)22-33(37-36(40)50-34-23-46-35-32(34)15-16-45-35)26(5)19-39(18-25(3)4)52(42,43)31-13-11-29(44-6)12-14-31;10-8-2-1-6-4-9-5-7(6)3-8;1-3-13-16(10,14-4-2)5-15-17(11,12)6(7,8)9/h9-14,17,25-26,32-35H,7-8,15-16,18-24H2,1-6H3,(H,37,40);1-3,9-10H,4-5H2;3-5H2,1-2H3/t26-,32+,33+,34+,35-;;/m1../s1. The van der Waals surface area contributed by atoms with E-state index in [9.17, 15) is 43.9 Å². The maximum Gasteiger partial charge on any atom is 0.523 e. The maximum atomic E-state index is 14.0. The van der Waals surface area contributed by atoms with E-state index in [4.69, 9.17) is 37.8 Å². The topological polar surface area (TPSA) is 263 Å². The molecule has 5 atom stereocenters. The van der Waals surface area contributed by atoms with Gasteiger partial charge in [0.2, 0.25) is 10.0 Å². The zero-order valence-electron chi connectivity index (χ0n) is 45.7. The summed E-state index contributed by atoms with van der Waals surface area (Å²) in [6, 6.07) is 17.1. The largest absolute Gasteiger partial charge is 0.523 e. The van der Waals surface area contributed by atoms with E-state index in [2.05, 4.69) is 28.8 Å². The predicted molar refractivity (Wildman–Crippen MR) is 284 cm³/mol. The van der Waals surface area contributed by atoms with Gasteiger partial charge in [-0.15, -0.1) is 0 Å². The number of benzene rings is 3. The van der Waals surface area contributed by atoms with Crippen molar-refractivity contribution >= 4 is 41.4 Å². The van der Waals surface area contributed by atoms with Gasteiger partial charge in [-0.25, -0.2) is 13.2 Å². The number of aromatic hydroxyl groups is 1. The summed E-state index contributed by atoms with van der Waals surface area (Å²) < 4.78 is 162. The fourth-order valence-electron chi connectivity index (χ4n) is 8.85. The Morgan fingerprint density at radius 3 is 2.01 bits per heavy atom. The summed E-state index contributed by atoms with van der Waals surface area (Å²) in [6.45, 7) is 17.2. The maximum absolute atomic E-state index is 14.0. The third-order valence-corrected chi connectivity index (χ3v) is 19.1. The molecular weight excluding hydrogens is 1130 g/mol. The van der Waals surface area contributed by atoms with E-state index in [0.717, 1.165) is 30.6 Å². The van der Waals surface area contributed by atoms with Crippen molar-refractivity contribution in [3.05, 3.63) is 82.9 Å². The molecule has 4 aliphatic heterocycles. The van der Waals surface area contributed by atoms with E-state index >= 15 is 0 Å². The highest BCUT2D eigenvalue weighted by Crippen LogP contribution is 2.49. The number of hydrogen-bond acceptors (Lipinski definition) is 20. The second-order valence-electron chi connectivity index (χ2n) is 19.1. The molecule has 0 aliphatic carbocycles. The normalized spacial score (nSPS) is 19.1. The van der Waals surface area contributed by atoms with Gasteiger partial charge in [-0.2, -0.15) is 25.9 Å². The molecule has 4 heterocycles. The zero-order valence-corrected chi connectivity index (χ0v) is 49.1. The molecule has 0 aromatic heterocycles. The van der Waals surface area contributed by atoms with Gasteiger partial charge >= 0.3 is 36.9 Å². The quantitative estimate of drug-likeness (QED) is 0.0386. The zero-order chi connectivity index (χ0) is 58.2. The number of halogens is 3. The lowest BCUT2D eigenvalue weighted by molar-refractivity contribution is -0.0907. The summed E-state index contributed by atoms with van der Waals surface area (Å²) in [5, 5.41) is 15.4. The van der Waals surface area contributed by atoms with Gasteiger partial charge in [-0.05, 0) is 117 Å². The lowest BCUT2D eigenvalue weighted by atomic mass is 10.0. The van der Waals surface area contributed by atoms with Crippen LogP contribution in [0.15, 0.2) is 65.6 Å². The first-order chi connectivity index (χ1) is 37.3. The Balaban J connectivity index is 0.000000345. The first-order valence-corrected chi connectivity index (χ1v) is 32.1. The van der Waals surface area contributed by atoms with Crippen molar-refractivity contribution in [1.29, 1.82) is 0 Å². The molecule has 3 N–H and O–H groups in total. The van der Waals surface area contributed by atoms with E-state index in [1.54, 1.807) is 44.2 Å². The number of carbonyl (C=O) groups is 1. The van der Waals surface area contributed by atoms with Gasteiger partial charge in [-0.1, -0.05) is 32.9 Å². The van der Waals surface area contributed by atoms with Crippen LogP contribution in [0.25, 0.3) is 0 Å². The lowest BCUT2D eigenvalue weighted by Gasteiger charge is -2.33. The minimum atomic E-state index is -5.80. The number of nitrogens with one attached hydrogen (secondary N) is 2. The number of nitrogens with zero attached hydrogens (tertiary/aromatic N) is 2. The van der Waals surface area contributed by atoms with Gasteiger partial charge in [0.15, 0.2) is 19.0 Å². The molecule has 29 heteroatoms. The molecule has 0 saturated carbocycles. The Labute approximate surface area is 461 Å². The number of amides is 1. The van der Waals surface area contributed by atoms with Gasteiger partial charge in [0.05, 0.1) is 57.6 Å². The van der Waals surface area contributed by atoms with E-state index in [-0.39, 0.29) is 74.9 Å². The minimum Gasteiger partial charge on any atom is -0.508 e. The van der Waals surface area contributed by atoms with Gasteiger partial charge < -0.3 is 57.5 Å². The first kappa shape index (κ1) is 65.9. The van der Waals surface area contributed by atoms with E-state index in [1.807, 2.05) is 51.1 Å². The Hall–Kier alpha value is -3.92. The number of fused-ring (bicyclic) bond motifs is 3. The van der Waals surface area contributed by atoms with Crippen molar-refractivity contribution in [2.45, 2.75) is 110 Å². The predicted octanol–water partition coefficient (Wildman–Crippen LogP) is 8.52. The van der Waals surface area contributed by atoms with Crippen molar-refractivity contribution in [1.82, 2.24) is 19.8 Å². The molecule has 0 spiro atoms. The molecule has 0 unspecified atom stereocenters. The first-order valence-electron chi connectivity index (χ1n) is 25.8. The summed E-state index contributed by atoms with van der Waals surface area (Å²) in [5.41, 5.74) is -0.917. The molecule has 1 amide bonds. The van der Waals surface area contributed by atoms with Gasteiger partial charge in [-0.3, -0.25) is 18.2 Å². The smallest absolute Gasteiger partial charge is 0.508 e. The minimum absolute atomic E-state index is 0.0155. The molecule has 2 fully saturated rings. The lowest BCUT2D eigenvalue weighted by Crippen LogP contribution is -2.51. The number of rotatable bonds is 26. The molecule has 2 saturated heterocycles. The number of sulfonamides is 1. The highest BCUT2D eigenvalue weighted by molar-refractivity contribution is 7.89. The van der Waals surface area contributed by atoms with Crippen molar-refractivity contribution in [3.8, 4) is 17.2 Å². The fourth-order valence-corrected chi connectivity index (χ4v) is 14.1. The Kier molecular flexibility index (Phi) is 24.9. The van der Waals surface area contributed by atoms with Crippen LogP contribution in [0.1, 0.15) is 77.1 Å². The number of methoxy groups -OCH3 is 1. The van der Waals surface area contributed by atoms with Crippen LogP contribution in [-0.4, -0.2) is 140 Å². The van der Waals surface area contributed by atoms with Gasteiger partial charge in [0.1, 0.15) is 23.4 Å². The monoisotopic (exact) mass is 1200 g/mol. The van der Waals surface area contributed by atoms with E-state index in [1.165, 1.54) is 36.4 Å². The van der Waals surface area contributed by atoms with Gasteiger partial charge in [0.25, 0.3) is 0 Å². The molecular formula is C50H75F3N4O18P2S2. The third-order valence-electron chi connectivity index (χ3n) is 12.6. The second-order valence-corrected chi connectivity index (χ2v) is 26.6. The Bertz CT molecular complexity index is 2750. The molecule has 3 aromatic rings. The average Bonchev–Trinajstić information content (AvgIpc) is 4.22. The number of phenols is 1. The van der Waals surface area contributed by atoms with Crippen LogP contribution in [0.4, 0.5) is 18.0 Å². The van der Waals surface area contributed by atoms with Crippen molar-refractivity contribution in [3.63, 3.8) is 0 Å². The molecule has 0 radical (unpaired) electrons. The molecule has 4 aliphatic rings. The number of ether oxygens (including phenoxy) is 5. The number of phenolic OH excluding ortho intramolecular Hbond substituents is 1. The number of hydrogen-bond donors (Lipinski definition) is 3. The van der Waals surface area contributed by atoms with Crippen LogP contribution in [0.5, 0.6) is 17.2 Å². The van der Waals surface area contributed by atoms with Crippen LogP contribution in [0, 0.1) is 17.8 Å². The average molecular weight is 1200 g/mol. The van der Waals surface area contributed by atoms with Crippen LogP contribution >= 0.6 is 15.2 Å². The summed E-state index contributed by atoms with van der Waals surface area (Å²) in [5.74, 6) is 1.21. The van der Waals surface area contributed by atoms with Crippen molar-refractivity contribution in [2.75, 3.05) is 79.1 Å². The van der Waals surface area contributed by atoms with Crippen LogP contribution in [0.2, 0.25) is 0 Å². The molecule has 0 bridgehead atoms. The molecule has 79 heavy (non-hydrogen) atoms.